The first kappa shape index (κ1) is 12.5. The number of rotatable bonds is 4. The van der Waals surface area contributed by atoms with Crippen LogP contribution in [0.3, 0.4) is 0 Å². The molecule has 1 aliphatic heterocycles. The molecular formula is C12H24N2O. The van der Waals surface area contributed by atoms with Gasteiger partial charge in [0.25, 0.3) is 0 Å². The first-order valence-electron chi connectivity index (χ1n) is 6.08. The van der Waals surface area contributed by atoms with Crippen LogP contribution in [0.25, 0.3) is 0 Å². The topological polar surface area (TPSA) is 32.3 Å². The number of piperazine rings is 1. The fraction of sp³-hybridized carbons (Fsp3) is 0.917. The molecule has 0 bridgehead atoms. The van der Waals surface area contributed by atoms with Crippen LogP contribution in [0.5, 0.6) is 0 Å². The highest BCUT2D eigenvalue weighted by Crippen LogP contribution is 2.12. The fourth-order valence-electron chi connectivity index (χ4n) is 2.04. The van der Waals surface area contributed by atoms with E-state index in [1.165, 1.54) is 12.8 Å². The Hall–Kier alpha value is -0.570. The predicted octanol–water partition coefficient (Wildman–Crippen LogP) is 1.78. The Morgan fingerprint density at radius 2 is 2.13 bits per heavy atom. The van der Waals surface area contributed by atoms with E-state index in [1.54, 1.807) is 0 Å². The van der Waals surface area contributed by atoms with Crippen LogP contribution in [0, 0.1) is 0 Å². The third kappa shape index (κ3) is 4.20. The summed E-state index contributed by atoms with van der Waals surface area (Å²) in [6, 6.07) is 0. The highest BCUT2D eigenvalue weighted by Gasteiger charge is 2.27. The average molecular weight is 212 g/mol. The molecule has 0 aliphatic carbocycles. The van der Waals surface area contributed by atoms with Gasteiger partial charge in [-0.25, -0.2) is 0 Å². The molecule has 1 aliphatic rings. The van der Waals surface area contributed by atoms with E-state index in [0.29, 0.717) is 5.91 Å². The Labute approximate surface area is 93.2 Å². The molecule has 0 spiro atoms. The van der Waals surface area contributed by atoms with E-state index in [4.69, 9.17) is 0 Å². The van der Waals surface area contributed by atoms with Gasteiger partial charge in [-0.15, -0.1) is 0 Å². The van der Waals surface area contributed by atoms with Crippen molar-refractivity contribution in [3.63, 3.8) is 0 Å². The molecule has 1 heterocycles. The van der Waals surface area contributed by atoms with E-state index in [9.17, 15) is 4.79 Å². The van der Waals surface area contributed by atoms with E-state index in [2.05, 4.69) is 26.1 Å². The van der Waals surface area contributed by atoms with Crippen LogP contribution in [0.4, 0.5) is 0 Å². The van der Waals surface area contributed by atoms with Crippen LogP contribution in [0.15, 0.2) is 0 Å². The highest BCUT2D eigenvalue weighted by atomic mass is 16.2. The lowest BCUT2D eigenvalue weighted by atomic mass is 10.0. The second kappa shape index (κ2) is 5.50. The predicted molar refractivity (Wildman–Crippen MR) is 62.8 cm³/mol. The van der Waals surface area contributed by atoms with Gasteiger partial charge < -0.3 is 10.2 Å². The maximum absolute atomic E-state index is 11.9. The Bertz CT molecular complexity index is 214. The summed E-state index contributed by atoms with van der Waals surface area (Å²) in [6.45, 7) is 9.11. The molecule has 15 heavy (non-hydrogen) atoms. The molecule has 0 aromatic carbocycles. The van der Waals surface area contributed by atoms with Gasteiger partial charge >= 0.3 is 0 Å². The Morgan fingerprint density at radius 1 is 1.40 bits per heavy atom. The lowest BCUT2D eigenvalue weighted by molar-refractivity contribution is -0.133. The lowest BCUT2D eigenvalue weighted by Gasteiger charge is -2.39. The van der Waals surface area contributed by atoms with Crippen molar-refractivity contribution in [1.82, 2.24) is 10.2 Å². The summed E-state index contributed by atoms with van der Waals surface area (Å²) in [4.78, 5) is 13.9. The fourth-order valence-corrected chi connectivity index (χ4v) is 2.04. The largest absolute Gasteiger partial charge is 0.340 e. The van der Waals surface area contributed by atoms with Gasteiger partial charge in [0.15, 0.2) is 0 Å². The van der Waals surface area contributed by atoms with Gasteiger partial charge in [0.2, 0.25) is 5.91 Å². The maximum Gasteiger partial charge on any atom is 0.222 e. The quantitative estimate of drug-likeness (QED) is 0.720. The summed E-state index contributed by atoms with van der Waals surface area (Å²) in [5.74, 6) is 0.332. The van der Waals surface area contributed by atoms with Crippen LogP contribution in [-0.2, 0) is 4.79 Å². The van der Waals surface area contributed by atoms with Crippen molar-refractivity contribution in [3.8, 4) is 0 Å². The molecule has 88 valence electrons. The third-order valence-corrected chi connectivity index (χ3v) is 2.92. The molecule has 1 amide bonds. The minimum absolute atomic E-state index is 0.0820. The normalized spacial score (nSPS) is 20.3. The number of carbonyl (C=O) groups excluding carboxylic acids is 1. The zero-order valence-electron chi connectivity index (χ0n) is 10.3. The molecule has 1 rings (SSSR count). The van der Waals surface area contributed by atoms with Gasteiger partial charge in [-0.05, 0) is 20.3 Å². The molecule has 0 aromatic rings. The van der Waals surface area contributed by atoms with Gasteiger partial charge in [0.1, 0.15) is 0 Å². The Morgan fingerprint density at radius 3 is 2.73 bits per heavy atom. The number of nitrogens with zero attached hydrogens (tertiary/aromatic N) is 1. The third-order valence-electron chi connectivity index (χ3n) is 2.92. The number of hydrogen-bond donors (Lipinski definition) is 1. The summed E-state index contributed by atoms with van der Waals surface area (Å²) in [5, 5.41) is 3.42. The van der Waals surface area contributed by atoms with Crippen LogP contribution in [-0.4, -0.2) is 36.0 Å². The second-order valence-corrected chi connectivity index (χ2v) is 5.08. The van der Waals surface area contributed by atoms with Gasteiger partial charge in [-0.3, -0.25) is 4.79 Å². The van der Waals surface area contributed by atoms with E-state index in [-0.39, 0.29) is 5.54 Å². The van der Waals surface area contributed by atoms with E-state index >= 15 is 0 Å². The molecular weight excluding hydrogens is 188 g/mol. The first-order chi connectivity index (χ1) is 7.05. The van der Waals surface area contributed by atoms with Crippen LogP contribution in [0.2, 0.25) is 0 Å². The SMILES string of the molecule is CCCCCC(=O)N1CCNC(C)(C)C1. The first-order valence-corrected chi connectivity index (χ1v) is 6.08. The molecule has 3 nitrogen and oxygen atoms in total. The molecule has 0 radical (unpaired) electrons. The summed E-state index contributed by atoms with van der Waals surface area (Å²) < 4.78 is 0. The van der Waals surface area contributed by atoms with Gasteiger partial charge in [0.05, 0.1) is 0 Å². The monoisotopic (exact) mass is 212 g/mol. The maximum atomic E-state index is 11.9. The molecule has 1 N–H and O–H groups in total. The van der Waals surface area contributed by atoms with Crippen molar-refractivity contribution in [1.29, 1.82) is 0 Å². The van der Waals surface area contributed by atoms with Crippen molar-refractivity contribution in [3.05, 3.63) is 0 Å². The van der Waals surface area contributed by atoms with Crippen molar-refractivity contribution < 1.29 is 4.79 Å². The van der Waals surface area contributed by atoms with Gasteiger partial charge in [-0.1, -0.05) is 19.8 Å². The summed E-state index contributed by atoms with van der Waals surface area (Å²) in [7, 11) is 0. The standard InChI is InChI=1S/C12H24N2O/c1-4-5-6-7-11(15)14-9-8-13-12(2,3)10-14/h13H,4-10H2,1-3H3. The van der Waals surface area contributed by atoms with Crippen LogP contribution in [0.1, 0.15) is 46.5 Å². The molecule has 0 aromatic heterocycles. The number of carbonyl (C=O) groups is 1. The Kier molecular flexibility index (Phi) is 4.58. The number of amides is 1. The number of unbranched alkanes of at least 4 members (excludes halogenated alkanes) is 2. The molecule has 0 atom stereocenters. The molecule has 0 unspecified atom stereocenters. The summed E-state index contributed by atoms with van der Waals surface area (Å²) >= 11 is 0. The molecule has 1 saturated heterocycles. The van der Waals surface area contributed by atoms with E-state index in [1.807, 2.05) is 4.90 Å². The summed E-state index contributed by atoms with van der Waals surface area (Å²) in [5.41, 5.74) is 0.0820. The minimum atomic E-state index is 0.0820. The van der Waals surface area contributed by atoms with Crippen LogP contribution >= 0.6 is 0 Å². The molecule has 0 saturated carbocycles. The lowest BCUT2D eigenvalue weighted by Crippen LogP contribution is -2.58. The van der Waals surface area contributed by atoms with Crippen molar-refractivity contribution in [2.45, 2.75) is 52.0 Å². The van der Waals surface area contributed by atoms with E-state index in [0.717, 1.165) is 32.5 Å². The van der Waals surface area contributed by atoms with Crippen LogP contribution < -0.4 is 5.32 Å². The van der Waals surface area contributed by atoms with Crippen molar-refractivity contribution in [2.24, 2.45) is 0 Å². The van der Waals surface area contributed by atoms with E-state index < -0.39 is 0 Å². The minimum Gasteiger partial charge on any atom is -0.340 e. The second-order valence-electron chi connectivity index (χ2n) is 5.08. The highest BCUT2D eigenvalue weighted by molar-refractivity contribution is 5.76. The smallest absolute Gasteiger partial charge is 0.222 e. The van der Waals surface area contributed by atoms with Crippen molar-refractivity contribution in [2.75, 3.05) is 19.6 Å². The molecule has 3 heteroatoms. The summed E-state index contributed by atoms with van der Waals surface area (Å²) in [6.07, 6.45) is 4.12. The zero-order chi connectivity index (χ0) is 11.3. The zero-order valence-corrected chi connectivity index (χ0v) is 10.3. The van der Waals surface area contributed by atoms with Gasteiger partial charge in [0, 0.05) is 31.6 Å². The Balaban J connectivity index is 2.32. The number of nitrogens with one attached hydrogen (secondary N) is 1. The van der Waals surface area contributed by atoms with Gasteiger partial charge in [-0.2, -0.15) is 0 Å². The number of hydrogen-bond acceptors (Lipinski definition) is 2. The van der Waals surface area contributed by atoms with Crippen molar-refractivity contribution >= 4 is 5.91 Å². The molecule has 1 fully saturated rings. The average Bonchev–Trinajstić information content (AvgIpc) is 2.16.